The van der Waals surface area contributed by atoms with Crippen LogP contribution in [0.25, 0.3) is 10.8 Å². The van der Waals surface area contributed by atoms with Gasteiger partial charge in [-0.25, -0.2) is 4.79 Å². The summed E-state index contributed by atoms with van der Waals surface area (Å²) < 4.78 is 10.2. The van der Waals surface area contributed by atoms with Gasteiger partial charge in [-0.2, -0.15) is 0 Å². The first kappa shape index (κ1) is 15.9. The van der Waals surface area contributed by atoms with E-state index in [1.165, 1.54) is 0 Å². The Labute approximate surface area is 138 Å². The number of ether oxygens (including phenoxy) is 2. The minimum absolute atomic E-state index is 0.00549. The number of hydrogen-bond acceptors (Lipinski definition) is 5. The van der Waals surface area contributed by atoms with Gasteiger partial charge in [-0.15, -0.1) is 0 Å². The molecule has 0 fully saturated rings. The molecule has 0 spiro atoms. The lowest BCUT2D eigenvalue weighted by Gasteiger charge is -2.23. The van der Waals surface area contributed by atoms with Crippen LogP contribution in [0.4, 0.5) is 0 Å². The predicted octanol–water partition coefficient (Wildman–Crippen LogP) is 2.96. The third-order valence-corrected chi connectivity index (χ3v) is 4.20. The highest BCUT2D eigenvalue weighted by atomic mass is 16.5. The maximum absolute atomic E-state index is 12.7. The van der Waals surface area contributed by atoms with Gasteiger partial charge >= 0.3 is 5.97 Å². The maximum Gasteiger partial charge on any atom is 0.330 e. The number of rotatable bonds is 5. The summed E-state index contributed by atoms with van der Waals surface area (Å²) in [6.45, 7) is 3.30. The number of ketones is 2. The Balaban J connectivity index is 1.99. The van der Waals surface area contributed by atoms with Gasteiger partial charge in [0.15, 0.2) is 11.6 Å². The van der Waals surface area contributed by atoms with E-state index in [-0.39, 0.29) is 24.6 Å². The third kappa shape index (κ3) is 2.48. The molecule has 2 aromatic carbocycles. The lowest BCUT2D eigenvalue weighted by Crippen LogP contribution is -2.30. The molecule has 0 saturated heterocycles. The summed E-state index contributed by atoms with van der Waals surface area (Å²) in [5.74, 6) is -1.29. The van der Waals surface area contributed by atoms with E-state index in [2.05, 4.69) is 6.58 Å². The minimum atomic E-state index is -0.839. The van der Waals surface area contributed by atoms with Crippen molar-refractivity contribution in [3.05, 3.63) is 54.1 Å². The molecule has 0 aromatic heterocycles. The van der Waals surface area contributed by atoms with Crippen LogP contribution in [0, 0.1) is 5.92 Å². The van der Waals surface area contributed by atoms with Gasteiger partial charge in [0, 0.05) is 28.0 Å². The summed E-state index contributed by atoms with van der Waals surface area (Å²) in [4.78, 5) is 36.6. The molecule has 0 saturated carbocycles. The van der Waals surface area contributed by atoms with Crippen molar-refractivity contribution in [1.29, 1.82) is 0 Å². The van der Waals surface area contributed by atoms with Gasteiger partial charge in [0.05, 0.1) is 19.6 Å². The number of esters is 1. The fourth-order valence-corrected chi connectivity index (χ4v) is 3.06. The topological polar surface area (TPSA) is 69.7 Å². The van der Waals surface area contributed by atoms with Crippen molar-refractivity contribution in [2.45, 2.75) is 6.42 Å². The van der Waals surface area contributed by atoms with Gasteiger partial charge in [0.1, 0.15) is 5.75 Å². The molecule has 0 aliphatic heterocycles. The molecule has 0 radical (unpaired) electrons. The van der Waals surface area contributed by atoms with Crippen molar-refractivity contribution in [2.24, 2.45) is 5.92 Å². The van der Waals surface area contributed by atoms with Crippen molar-refractivity contribution < 1.29 is 23.9 Å². The van der Waals surface area contributed by atoms with Crippen molar-refractivity contribution in [3.63, 3.8) is 0 Å². The standard InChI is InChI=1S/C19H16O5/c1-3-16(20)24-10-9-14-18(21)12-6-4-5-11-15(23-2)8-7-13(17(11)12)19(14)22/h3-8,14H,1,9-10H2,2H3. The Morgan fingerprint density at radius 3 is 2.54 bits per heavy atom. The Morgan fingerprint density at radius 2 is 1.88 bits per heavy atom. The van der Waals surface area contributed by atoms with Crippen LogP contribution in [0.2, 0.25) is 0 Å². The Kier molecular flexibility index (Phi) is 4.16. The van der Waals surface area contributed by atoms with Crippen LogP contribution in [0.3, 0.4) is 0 Å². The average molecular weight is 324 g/mol. The Morgan fingerprint density at radius 1 is 1.17 bits per heavy atom. The summed E-state index contributed by atoms with van der Waals surface area (Å²) >= 11 is 0. The molecule has 5 heteroatoms. The normalized spacial score (nSPS) is 16.1. The van der Waals surface area contributed by atoms with E-state index in [9.17, 15) is 14.4 Å². The molecule has 0 heterocycles. The van der Waals surface area contributed by atoms with E-state index in [4.69, 9.17) is 9.47 Å². The molecule has 122 valence electrons. The van der Waals surface area contributed by atoms with Crippen LogP contribution < -0.4 is 4.74 Å². The van der Waals surface area contributed by atoms with Gasteiger partial charge in [-0.05, 0) is 18.6 Å². The van der Waals surface area contributed by atoms with E-state index in [1.807, 2.05) is 6.07 Å². The quantitative estimate of drug-likeness (QED) is 0.480. The van der Waals surface area contributed by atoms with E-state index in [0.717, 1.165) is 11.5 Å². The van der Waals surface area contributed by atoms with Crippen LogP contribution >= 0.6 is 0 Å². The first-order chi connectivity index (χ1) is 11.6. The second-order valence-corrected chi connectivity index (χ2v) is 5.48. The predicted molar refractivity (Wildman–Crippen MR) is 88.4 cm³/mol. The summed E-state index contributed by atoms with van der Waals surface area (Å²) in [7, 11) is 1.55. The first-order valence-corrected chi connectivity index (χ1v) is 7.55. The molecular weight excluding hydrogens is 308 g/mol. The molecule has 24 heavy (non-hydrogen) atoms. The van der Waals surface area contributed by atoms with Crippen LogP contribution in [0.15, 0.2) is 43.0 Å². The number of Topliss-reactive ketones (excluding diaryl/α,β-unsaturated/α-hetero) is 2. The molecule has 1 aliphatic carbocycles. The zero-order chi connectivity index (χ0) is 17.3. The zero-order valence-corrected chi connectivity index (χ0v) is 13.2. The number of benzene rings is 2. The van der Waals surface area contributed by atoms with Crippen LogP contribution in [-0.4, -0.2) is 31.3 Å². The van der Waals surface area contributed by atoms with E-state index >= 15 is 0 Å². The fraction of sp³-hybridized carbons (Fsp3) is 0.211. The summed E-state index contributed by atoms with van der Waals surface area (Å²) in [6.07, 6.45) is 1.20. The molecular formula is C19H16O5. The second kappa shape index (κ2) is 6.28. The van der Waals surface area contributed by atoms with Crippen LogP contribution in [0.1, 0.15) is 27.1 Å². The summed E-state index contributed by atoms with van der Waals surface area (Å²) in [5, 5.41) is 1.37. The number of methoxy groups -OCH3 is 1. The maximum atomic E-state index is 12.7. The second-order valence-electron chi connectivity index (χ2n) is 5.48. The molecule has 5 nitrogen and oxygen atoms in total. The highest BCUT2D eigenvalue weighted by Crippen LogP contribution is 2.37. The fourth-order valence-electron chi connectivity index (χ4n) is 3.06. The molecule has 0 amide bonds. The molecule has 3 rings (SSSR count). The smallest absolute Gasteiger partial charge is 0.330 e. The van der Waals surface area contributed by atoms with Gasteiger partial charge in [0.25, 0.3) is 0 Å². The molecule has 1 aliphatic rings. The summed E-state index contributed by atoms with van der Waals surface area (Å²) in [5.41, 5.74) is 1.00. The Hall–Kier alpha value is -2.95. The highest BCUT2D eigenvalue weighted by Gasteiger charge is 2.36. The van der Waals surface area contributed by atoms with E-state index in [1.54, 1.807) is 31.4 Å². The molecule has 0 N–H and O–H groups in total. The lowest BCUT2D eigenvalue weighted by atomic mass is 9.78. The molecule has 2 aromatic rings. The monoisotopic (exact) mass is 324 g/mol. The van der Waals surface area contributed by atoms with Gasteiger partial charge in [0.2, 0.25) is 0 Å². The van der Waals surface area contributed by atoms with Gasteiger partial charge < -0.3 is 9.47 Å². The number of carbonyl (C=O) groups is 3. The third-order valence-electron chi connectivity index (χ3n) is 4.20. The van der Waals surface area contributed by atoms with Crippen molar-refractivity contribution >= 4 is 28.3 Å². The number of carbonyl (C=O) groups excluding carboxylic acids is 3. The van der Waals surface area contributed by atoms with E-state index < -0.39 is 11.9 Å². The molecule has 1 unspecified atom stereocenters. The SMILES string of the molecule is C=CC(=O)OCCC1C(=O)c2cccc3c(OC)ccc(c23)C1=O. The van der Waals surface area contributed by atoms with Crippen molar-refractivity contribution in [2.75, 3.05) is 13.7 Å². The van der Waals surface area contributed by atoms with Crippen LogP contribution in [0.5, 0.6) is 5.75 Å². The zero-order valence-electron chi connectivity index (χ0n) is 13.2. The largest absolute Gasteiger partial charge is 0.496 e. The Bertz CT molecular complexity index is 843. The lowest BCUT2D eigenvalue weighted by molar-refractivity contribution is -0.137. The molecule has 1 atom stereocenters. The van der Waals surface area contributed by atoms with Crippen molar-refractivity contribution in [3.8, 4) is 5.75 Å². The van der Waals surface area contributed by atoms with Gasteiger partial charge in [-0.1, -0.05) is 24.8 Å². The minimum Gasteiger partial charge on any atom is -0.496 e. The number of hydrogen-bond donors (Lipinski definition) is 0. The molecule has 0 bridgehead atoms. The summed E-state index contributed by atoms with van der Waals surface area (Å²) in [6, 6.07) is 8.72. The average Bonchev–Trinajstić information content (AvgIpc) is 2.61. The highest BCUT2D eigenvalue weighted by molar-refractivity contribution is 6.29. The first-order valence-electron chi connectivity index (χ1n) is 7.55. The van der Waals surface area contributed by atoms with E-state index in [0.29, 0.717) is 22.3 Å². The van der Waals surface area contributed by atoms with Crippen molar-refractivity contribution in [1.82, 2.24) is 0 Å². The van der Waals surface area contributed by atoms with Crippen LogP contribution in [-0.2, 0) is 9.53 Å². The van der Waals surface area contributed by atoms with Gasteiger partial charge in [-0.3, -0.25) is 9.59 Å².